The van der Waals surface area contributed by atoms with E-state index in [1.165, 1.54) is 10.9 Å². The van der Waals surface area contributed by atoms with E-state index in [0.29, 0.717) is 22.6 Å². The number of carboxylic acids is 1. The van der Waals surface area contributed by atoms with Gasteiger partial charge in [-0.15, -0.1) is 0 Å². The number of carboxylic acid groups (broad SMARTS) is 1. The fraction of sp³-hybridized carbons (Fsp3) is 0.263. The number of rotatable bonds is 5. The number of aryl methyl sites for hydroxylation is 1. The van der Waals surface area contributed by atoms with Gasteiger partial charge in [-0.05, 0) is 31.0 Å². The first-order valence-corrected chi connectivity index (χ1v) is 8.51. The van der Waals surface area contributed by atoms with Crippen molar-refractivity contribution in [3.8, 4) is 5.69 Å². The Kier molecular flexibility index (Phi) is 4.81. The van der Waals surface area contributed by atoms with Gasteiger partial charge in [0.2, 0.25) is 0 Å². The molecule has 0 bridgehead atoms. The van der Waals surface area contributed by atoms with Crippen molar-refractivity contribution in [1.82, 2.24) is 19.6 Å². The third-order valence-electron chi connectivity index (χ3n) is 4.24. The quantitative estimate of drug-likeness (QED) is 0.722. The van der Waals surface area contributed by atoms with E-state index in [0.717, 1.165) is 5.69 Å². The highest BCUT2D eigenvalue weighted by molar-refractivity contribution is 6.05. The fourth-order valence-electron chi connectivity index (χ4n) is 2.90. The SMILES string of the molecule is Cc1c(C(=O)O)cnn1-c1cccc(NC(=O)c2cn(C)nc2C(C)C)c1. The highest BCUT2D eigenvalue weighted by atomic mass is 16.4. The summed E-state index contributed by atoms with van der Waals surface area (Å²) < 4.78 is 3.16. The molecule has 2 aromatic heterocycles. The van der Waals surface area contributed by atoms with Gasteiger partial charge in [-0.25, -0.2) is 9.48 Å². The third kappa shape index (κ3) is 3.59. The maximum Gasteiger partial charge on any atom is 0.339 e. The second-order valence-electron chi connectivity index (χ2n) is 6.62. The molecule has 8 heteroatoms. The van der Waals surface area contributed by atoms with E-state index in [9.17, 15) is 14.7 Å². The molecule has 0 unspecified atom stereocenters. The molecule has 0 saturated heterocycles. The molecule has 8 nitrogen and oxygen atoms in total. The average Bonchev–Trinajstić information content (AvgIpc) is 3.18. The van der Waals surface area contributed by atoms with Crippen LogP contribution in [0.5, 0.6) is 0 Å². The molecule has 0 aliphatic rings. The zero-order valence-electron chi connectivity index (χ0n) is 15.6. The highest BCUT2D eigenvalue weighted by Crippen LogP contribution is 2.21. The molecular weight excluding hydrogens is 346 g/mol. The lowest BCUT2D eigenvalue weighted by molar-refractivity contribution is 0.0696. The van der Waals surface area contributed by atoms with Gasteiger partial charge in [-0.2, -0.15) is 10.2 Å². The Morgan fingerprint density at radius 1 is 1.22 bits per heavy atom. The number of amides is 1. The maximum absolute atomic E-state index is 12.7. The first-order valence-electron chi connectivity index (χ1n) is 8.51. The van der Waals surface area contributed by atoms with E-state index in [4.69, 9.17) is 0 Å². The zero-order chi connectivity index (χ0) is 19.7. The number of carbonyl (C=O) groups is 2. The summed E-state index contributed by atoms with van der Waals surface area (Å²) in [6.07, 6.45) is 3.01. The van der Waals surface area contributed by atoms with Crippen LogP contribution in [0.3, 0.4) is 0 Å². The molecule has 0 fully saturated rings. The number of hydrogen-bond acceptors (Lipinski definition) is 4. The van der Waals surface area contributed by atoms with Crippen molar-refractivity contribution < 1.29 is 14.7 Å². The number of aromatic carboxylic acids is 1. The summed E-state index contributed by atoms with van der Waals surface area (Å²) >= 11 is 0. The lowest BCUT2D eigenvalue weighted by atomic mass is 10.1. The van der Waals surface area contributed by atoms with Crippen molar-refractivity contribution in [1.29, 1.82) is 0 Å². The fourth-order valence-corrected chi connectivity index (χ4v) is 2.90. The molecule has 0 spiro atoms. The smallest absolute Gasteiger partial charge is 0.339 e. The molecule has 1 aromatic carbocycles. The van der Waals surface area contributed by atoms with E-state index >= 15 is 0 Å². The average molecular weight is 367 g/mol. The molecule has 0 radical (unpaired) electrons. The van der Waals surface area contributed by atoms with Crippen LogP contribution in [0.25, 0.3) is 5.69 Å². The molecular formula is C19H21N5O3. The van der Waals surface area contributed by atoms with Crippen LogP contribution < -0.4 is 5.32 Å². The van der Waals surface area contributed by atoms with Crippen molar-refractivity contribution in [3.05, 3.63) is 59.2 Å². The normalized spacial score (nSPS) is 11.0. The maximum atomic E-state index is 12.7. The highest BCUT2D eigenvalue weighted by Gasteiger charge is 2.19. The van der Waals surface area contributed by atoms with Crippen molar-refractivity contribution in [2.75, 3.05) is 5.32 Å². The van der Waals surface area contributed by atoms with Crippen LogP contribution in [0.4, 0.5) is 5.69 Å². The Morgan fingerprint density at radius 2 is 1.96 bits per heavy atom. The van der Waals surface area contributed by atoms with Crippen molar-refractivity contribution in [3.63, 3.8) is 0 Å². The minimum Gasteiger partial charge on any atom is -0.478 e. The van der Waals surface area contributed by atoms with E-state index < -0.39 is 5.97 Å². The van der Waals surface area contributed by atoms with Gasteiger partial charge in [0.25, 0.3) is 5.91 Å². The molecule has 0 aliphatic heterocycles. The van der Waals surface area contributed by atoms with Gasteiger partial charge in [0, 0.05) is 18.9 Å². The summed E-state index contributed by atoms with van der Waals surface area (Å²) in [6, 6.07) is 7.09. The minimum absolute atomic E-state index is 0.124. The summed E-state index contributed by atoms with van der Waals surface area (Å²) in [7, 11) is 1.78. The Hall–Kier alpha value is -3.42. The summed E-state index contributed by atoms with van der Waals surface area (Å²) in [5, 5.41) is 20.5. The number of nitrogens with one attached hydrogen (secondary N) is 1. The number of aromatic nitrogens is 4. The molecule has 0 aliphatic carbocycles. The number of benzene rings is 1. The van der Waals surface area contributed by atoms with Crippen LogP contribution >= 0.6 is 0 Å². The van der Waals surface area contributed by atoms with Crippen LogP contribution in [0.15, 0.2) is 36.7 Å². The van der Waals surface area contributed by atoms with Crippen molar-refractivity contribution in [2.45, 2.75) is 26.7 Å². The van der Waals surface area contributed by atoms with Crippen molar-refractivity contribution in [2.24, 2.45) is 7.05 Å². The van der Waals surface area contributed by atoms with Crippen LogP contribution in [0, 0.1) is 6.92 Å². The van der Waals surface area contributed by atoms with Gasteiger partial charge >= 0.3 is 5.97 Å². The minimum atomic E-state index is -1.03. The van der Waals surface area contributed by atoms with E-state index in [-0.39, 0.29) is 17.4 Å². The predicted octanol–water partition coefficient (Wildman–Crippen LogP) is 2.99. The predicted molar refractivity (Wildman–Crippen MR) is 101 cm³/mol. The van der Waals surface area contributed by atoms with E-state index in [1.807, 2.05) is 13.8 Å². The summed E-state index contributed by atoms with van der Waals surface area (Å²) in [6.45, 7) is 5.66. The Bertz CT molecular complexity index is 1020. The molecule has 2 N–H and O–H groups in total. The van der Waals surface area contributed by atoms with Crippen LogP contribution in [0.1, 0.15) is 51.9 Å². The van der Waals surface area contributed by atoms with Gasteiger partial charge in [0.1, 0.15) is 5.56 Å². The number of anilines is 1. The lowest BCUT2D eigenvalue weighted by Gasteiger charge is -2.10. The zero-order valence-corrected chi connectivity index (χ0v) is 15.6. The lowest BCUT2D eigenvalue weighted by Crippen LogP contribution is -2.14. The monoisotopic (exact) mass is 367 g/mol. The molecule has 0 saturated carbocycles. The molecule has 140 valence electrons. The van der Waals surface area contributed by atoms with Gasteiger partial charge in [-0.1, -0.05) is 19.9 Å². The van der Waals surface area contributed by atoms with Crippen LogP contribution in [-0.4, -0.2) is 36.5 Å². The van der Waals surface area contributed by atoms with E-state index in [1.54, 1.807) is 49.1 Å². The largest absolute Gasteiger partial charge is 0.478 e. The topological polar surface area (TPSA) is 102 Å². The van der Waals surface area contributed by atoms with Crippen molar-refractivity contribution >= 4 is 17.6 Å². The van der Waals surface area contributed by atoms with Crippen LogP contribution in [0.2, 0.25) is 0 Å². The van der Waals surface area contributed by atoms with Crippen LogP contribution in [-0.2, 0) is 7.05 Å². The summed E-state index contributed by atoms with van der Waals surface area (Å²) in [4.78, 5) is 23.9. The summed E-state index contributed by atoms with van der Waals surface area (Å²) in [5.41, 5.74) is 3.17. The number of hydrogen-bond donors (Lipinski definition) is 2. The summed E-state index contributed by atoms with van der Waals surface area (Å²) in [5.74, 6) is -1.15. The van der Waals surface area contributed by atoms with E-state index in [2.05, 4.69) is 15.5 Å². The Labute approximate surface area is 156 Å². The van der Waals surface area contributed by atoms with Gasteiger partial charge in [0.05, 0.1) is 28.8 Å². The van der Waals surface area contributed by atoms with Gasteiger partial charge in [-0.3, -0.25) is 9.48 Å². The molecule has 2 heterocycles. The molecule has 27 heavy (non-hydrogen) atoms. The van der Waals surface area contributed by atoms with Gasteiger partial charge in [0.15, 0.2) is 0 Å². The Balaban J connectivity index is 1.89. The Morgan fingerprint density at radius 3 is 2.59 bits per heavy atom. The molecule has 3 rings (SSSR count). The van der Waals surface area contributed by atoms with Gasteiger partial charge < -0.3 is 10.4 Å². The first kappa shape index (κ1) is 18.4. The molecule has 3 aromatic rings. The first-order chi connectivity index (χ1) is 12.8. The number of nitrogens with zero attached hydrogens (tertiary/aromatic N) is 4. The second-order valence-corrected chi connectivity index (χ2v) is 6.62. The molecule has 1 amide bonds. The number of carbonyl (C=O) groups excluding carboxylic acids is 1. The standard InChI is InChI=1S/C19H21N5O3/c1-11(2)17-16(10-23(4)22-17)18(25)21-13-6-5-7-14(8-13)24-12(3)15(9-20-24)19(26)27/h5-11H,1-4H3,(H,21,25)(H,26,27). The second kappa shape index (κ2) is 7.06. The molecule has 0 atom stereocenters. The third-order valence-corrected chi connectivity index (χ3v) is 4.24.